The first kappa shape index (κ1) is 32.2. The van der Waals surface area contributed by atoms with Gasteiger partial charge in [-0.05, 0) is 80.9 Å². The molecule has 4 nitrogen and oxygen atoms in total. The summed E-state index contributed by atoms with van der Waals surface area (Å²) in [6.45, 7) is 0. The van der Waals surface area contributed by atoms with Crippen LogP contribution in [-0.4, -0.2) is 15.0 Å². The van der Waals surface area contributed by atoms with E-state index in [2.05, 4.69) is 152 Å². The third kappa shape index (κ3) is 6.36. The SMILES string of the molecule is c1ccc(-c2cccc(-c3cccc(-c4cccc(-c5nc(-c6ccccc6)nc(-c6ccc(-c7ccc8oc9ccccc9c8c7)cc6)n5)c4)c3)c2)cc1. The van der Waals surface area contributed by atoms with Crippen molar-refractivity contribution in [2.75, 3.05) is 0 Å². The zero-order valence-electron chi connectivity index (χ0n) is 29.8. The second kappa shape index (κ2) is 13.8. The third-order valence-corrected chi connectivity index (χ3v) is 10.1. The van der Waals surface area contributed by atoms with E-state index in [0.29, 0.717) is 17.5 Å². The monoisotopic (exact) mass is 703 g/mol. The molecule has 0 spiro atoms. The number of hydrogen-bond acceptors (Lipinski definition) is 4. The maximum atomic E-state index is 6.07. The Hall–Kier alpha value is -7.43. The Balaban J connectivity index is 1.00. The maximum absolute atomic E-state index is 6.07. The molecule has 0 saturated carbocycles. The molecular weight excluding hydrogens is 671 g/mol. The Bertz CT molecular complexity index is 2970. The number of para-hydroxylation sites is 1. The van der Waals surface area contributed by atoms with Gasteiger partial charge in [-0.15, -0.1) is 0 Å². The van der Waals surface area contributed by atoms with Gasteiger partial charge in [-0.2, -0.15) is 0 Å². The molecule has 0 bridgehead atoms. The first-order valence-electron chi connectivity index (χ1n) is 18.4. The molecule has 0 aliphatic rings. The van der Waals surface area contributed by atoms with Crippen molar-refractivity contribution in [3.05, 3.63) is 200 Å². The molecule has 10 aromatic rings. The van der Waals surface area contributed by atoms with Crippen LogP contribution in [0.2, 0.25) is 0 Å². The molecule has 55 heavy (non-hydrogen) atoms. The fourth-order valence-electron chi connectivity index (χ4n) is 7.29. The lowest BCUT2D eigenvalue weighted by Crippen LogP contribution is -2.00. The van der Waals surface area contributed by atoms with Crippen molar-refractivity contribution in [3.63, 3.8) is 0 Å². The average molecular weight is 704 g/mol. The molecule has 2 heterocycles. The highest BCUT2D eigenvalue weighted by Crippen LogP contribution is 2.35. The van der Waals surface area contributed by atoms with Gasteiger partial charge in [0.05, 0.1) is 0 Å². The van der Waals surface area contributed by atoms with Crippen LogP contribution in [0.4, 0.5) is 0 Å². The lowest BCUT2D eigenvalue weighted by atomic mass is 9.95. The molecule has 0 radical (unpaired) electrons. The normalized spacial score (nSPS) is 11.3. The van der Waals surface area contributed by atoms with Gasteiger partial charge < -0.3 is 4.42 Å². The fraction of sp³-hybridized carbons (Fsp3) is 0. The molecule has 0 amide bonds. The number of fused-ring (bicyclic) bond motifs is 3. The van der Waals surface area contributed by atoms with Gasteiger partial charge in [0.1, 0.15) is 11.2 Å². The van der Waals surface area contributed by atoms with Gasteiger partial charge in [-0.1, -0.05) is 164 Å². The van der Waals surface area contributed by atoms with Crippen molar-refractivity contribution in [2.45, 2.75) is 0 Å². The van der Waals surface area contributed by atoms with Crippen LogP contribution in [0, 0.1) is 0 Å². The second-order valence-corrected chi connectivity index (χ2v) is 13.7. The van der Waals surface area contributed by atoms with Crippen LogP contribution in [-0.2, 0) is 0 Å². The average Bonchev–Trinajstić information content (AvgIpc) is 3.65. The van der Waals surface area contributed by atoms with E-state index in [1.54, 1.807) is 0 Å². The zero-order valence-corrected chi connectivity index (χ0v) is 29.8. The molecule has 10 rings (SSSR count). The highest BCUT2D eigenvalue weighted by Gasteiger charge is 2.14. The van der Waals surface area contributed by atoms with Gasteiger partial charge in [0.25, 0.3) is 0 Å². The number of benzene rings is 8. The number of nitrogens with zero attached hydrogens (tertiary/aromatic N) is 3. The van der Waals surface area contributed by atoms with E-state index in [4.69, 9.17) is 19.4 Å². The van der Waals surface area contributed by atoms with Gasteiger partial charge in [0.15, 0.2) is 17.5 Å². The predicted octanol–water partition coefficient (Wildman–Crippen LogP) is 13.4. The van der Waals surface area contributed by atoms with Gasteiger partial charge in [-0.3, -0.25) is 0 Å². The van der Waals surface area contributed by atoms with Crippen LogP contribution >= 0.6 is 0 Å². The minimum Gasteiger partial charge on any atom is -0.456 e. The van der Waals surface area contributed by atoms with Crippen molar-refractivity contribution < 1.29 is 4.42 Å². The topological polar surface area (TPSA) is 51.8 Å². The fourth-order valence-corrected chi connectivity index (χ4v) is 7.29. The summed E-state index contributed by atoms with van der Waals surface area (Å²) < 4.78 is 6.07. The first-order chi connectivity index (χ1) is 27.2. The van der Waals surface area contributed by atoms with Crippen molar-refractivity contribution >= 4 is 21.9 Å². The molecule has 0 atom stereocenters. The Morgan fingerprint density at radius 1 is 0.236 bits per heavy atom. The molecule has 0 aliphatic heterocycles. The molecule has 8 aromatic carbocycles. The molecule has 0 N–H and O–H groups in total. The molecule has 0 saturated heterocycles. The summed E-state index contributed by atoms with van der Waals surface area (Å²) in [6, 6.07) is 69.5. The Labute approximate surface area is 319 Å². The van der Waals surface area contributed by atoms with E-state index >= 15 is 0 Å². The minimum atomic E-state index is 0.623. The second-order valence-electron chi connectivity index (χ2n) is 13.7. The smallest absolute Gasteiger partial charge is 0.164 e. The van der Waals surface area contributed by atoms with Crippen LogP contribution in [0.15, 0.2) is 205 Å². The van der Waals surface area contributed by atoms with Crippen LogP contribution in [0.1, 0.15) is 0 Å². The predicted molar refractivity (Wildman–Crippen MR) is 225 cm³/mol. The molecular formula is C51H33N3O. The number of furan rings is 1. The highest BCUT2D eigenvalue weighted by atomic mass is 16.3. The largest absolute Gasteiger partial charge is 0.456 e. The lowest BCUT2D eigenvalue weighted by molar-refractivity contribution is 0.669. The van der Waals surface area contributed by atoms with Gasteiger partial charge >= 0.3 is 0 Å². The number of aromatic nitrogens is 3. The third-order valence-electron chi connectivity index (χ3n) is 10.1. The molecule has 0 aliphatic carbocycles. The summed E-state index contributed by atoms with van der Waals surface area (Å²) in [5.41, 5.74) is 13.7. The number of rotatable bonds is 7. The Kier molecular flexibility index (Phi) is 8.12. The van der Waals surface area contributed by atoms with Gasteiger partial charge in [-0.25, -0.2) is 15.0 Å². The number of hydrogen-bond donors (Lipinski definition) is 0. The Morgan fingerprint density at radius 2 is 0.600 bits per heavy atom. The molecule has 0 unspecified atom stereocenters. The van der Waals surface area contributed by atoms with Gasteiger partial charge in [0.2, 0.25) is 0 Å². The van der Waals surface area contributed by atoms with E-state index in [1.165, 1.54) is 16.7 Å². The summed E-state index contributed by atoms with van der Waals surface area (Å²) in [5.74, 6) is 1.88. The highest BCUT2D eigenvalue weighted by molar-refractivity contribution is 6.06. The van der Waals surface area contributed by atoms with E-state index in [1.807, 2.05) is 48.5 Å². The van der Waals surface area contributed by atoms with E-state index in [0.717, 1.165) is 66.4 Å². The van der Waals surface area contributed by atoms with E-state index in [9.17, 15) is 0 Å². The van der Waals surface area contributed by atoms with Crippen LogP contribution < -0.4 is 0 Å². The van der Waals surface area contributed by atoms with Crippen molar-refractivity contribution in [1.29, 1.82) is 0 Å². The minimum absolute atomic E-state index is 0.623. The quantitative estimate of drug-likeness (QED) is 0.166. The first-order valence-corrected chi connectivity index (χ1v) is 18.4. The molecule has 0 fully saturated rings. The van der Waals surface area contributed by atoms with Crippen molar-refractivity contribution in [1.82, 2.24) is 15.0 Å². The van der Waals surface area contributed by atoms with Crippen LogP contribution in [0.25, 0.3) is 101 Å². The maximum Gasteiger partial charge on any atom is 0.164 e. The van der Waals surface area contributed by atoms with Crippen LogP contribution in [0.5, 0.6) is 0 Å². The zero-order chi connectivity index (χ0) is 36.6. The lowest BCUT2D eigenvalue weighted by Gasteiger charge is -2.11. The summed E-state index contributed by atoms with van der Waals surface area (Å²) in [7, 11) is 0. The molecule has 4 heteroatoms. The summed E-state index contributed by atoms with van der Waals surface area (Å²) in [5, 5.41) is 2.23. The summed E-state index contributed by atoms with van der Waals surface area (Å²) >= 11 is 0. The van der Waals surface area contributed by atoms with Crippen molar-refractivity contribution in [2.24, 2.45) is 0 Å². The van der Waals surface area contributed by atoms with E-state index < -0.39 is 0 Å². The molecule has 2 aromatic heterocycles. The summed E-state index contributed by atoms with van der Waals surface area (Å²) in [4.78, 5) is 15.1. The van der Waals surface area contributed by atoms with Crippen LogP contribution in [0.3, 0.4) is 0 Å². The van der Waals surface area contributed by atoms with Gasteiger partial charge in [0, 0.05) is 27.5 Å². The van der Waals surface area contributed by atoms with Crippen molar-refractivity contribution in [3.8, 4) is 78.7 Å². The molecule has 258 valence electrons. The van der Waals surface area contributed by atoms with E-state index in [-0.39, 0.29) is 0 Å². The standard InChI is InChI=1S/C51H33N3O/c1-3-12-34(13-4-1)38-16-9-17-39(30-38)40-18-10-19-41(31-40)42-20-11-21-44(32-42)51-53-49(36-14-5-2-6-15-36)52-50(54-51)37-26-24-35(25-27-37)43-28-29-48-46(33-43)45-22-7-8-23-47(45)55-48/h1-33H. The Morgan fingerprint density at radius 3 is 1.22 bits per heavy atom. The summed E-state index contributed by atoms with van der Waals surface area (Å²) in [6.07, 6.45) is 0.